The van der Waals surface area contributed by atoms with E-state index in [4.69, 9.17) is 0 Å². The van der Waals surface area contributed by atoms with E-state index in [-0.39, 0.29) is 11.4 Å². The van der Waals surface area contributed by atoms with Crippen molar-refractivity contribution in [3.05, 3.63) is 71.4 Å². The van der Waals surface area contributed by atoms with Gasteiger partial charge in [0.15, 0.2) is 11.6 Å². The topological polar surface area (TPSA) is 42.0 Å². The number of nitrogens with zero attached hydrogens (tertiary/aromatic N) is 1. The number of hydrogen-bond acceptors (Lipinski definition) is 3. The molecule has 110 valence electrons. The monoisotopic (exact) mass is 316 g/mol. The van der Waals surface area contributed by atoms with Crippen molar-refractivity contribution in [2.45, 2.75) is 0 Å². The Hall–Kier alpha value is -2.60. The van der Waals surface area contributed by atoms with Gasteiger partial charge in [-0.2, -0.15) is 0 Å². The molecule has 6 heteroatoms. The van der Waals surface area contributed by atoms with Gasteiger partial charge in [0, 0.05) is 11.8 Å². The van der Waals surface area contributed by atoms with Crippen molar-refractivity contribution < 1.29 is 13.6 Å². The van der Waals surface area contributed by atoms with Crippen LogP contribution in [-0.4, -0.2) is 10.9 Å². The van der Waals surface area contributed by atoms with Crippen molar-refractivity contribution in [1.82, 2.24) is 4.98 Å². The van der Waals surface area contributed by atoms with E-state index in [1.807, 2.05) is 30.3 Å². The van der Waals surface area contributed by atoms with Gasteiger partial charge in [-0.15, -0.1) is 11.3 Å². The molecule has 22 heavy (non-hydrogen) atoms. The van der Waals surface area contributed by atoms with Crippen LogP contribution in [0.2, 0.25) is 0 Å². The van der Waals surface area contributed by atoms with Crippen molar-refractivity contribution >= 4 is 22.9 Å². The third-order valence-electron chi connectivity index (χ3n) is 3.00. The number of nitrogens with one attached hydrogen (secondary N) is 1. The first kappa shape index (κ1) is 14.3. The first-order valence-electron chi connectivity index (χ1n) is 6.40. The lowest BCUT2D eigenvalue weighted by Crippen LogP contribution is -2.13. The van der Waals surface area contributed by atoms with Crippen LogP contribution in [0.25, 0.3) is 10.4 Å². The Morgan fingerprint density at radius 1 is 1.05 bits per heavy atom. The predicted octanol–water partition coefficient (Wildman–Crippen LogP) is 4.34. The molecule has 0 fully saturated rings. The van der Waals surface area contributed by atoms with Crippen molar-refractivity contribution in [3.8, 4) is 10.4 Å². The second kappa shape index (κ2) is 6.03. The van der Waals surface area contributed by atoms with Gasteiger partial charge >= 0.3 is 0 Å². The van der Waals surface area contributed by atoms with E-state index in [0.29, 0.717) is 0 Å². The lowest BCUT2D eigenvalue weighted by Gasteiger charge is -2.06. The van der Waals surface area contributed by atoms with E-state index >= 15 is 0 Å². The quantitative estimate of drug-likeness (QED) is 0.781. The Morgan fingerprint density at radius 2 is 1.82 bits per heavy atom. The molecule has 0 aliphatic carbocycles. The molecule has 3 aromatic rings. The number of benzene rings is 2. The number of halogens is 2. The molecule has 0 spiro atoms. The maximum Gasteiger partial charge on any atom is 0.275 e. The summed E-state index contributed by atoms with van der Waals surface area (Å²) < 4.78 is 26.1. The summed E-state index contributed by atoms with van der Waals surface area (Å²) in [7, 11) is 0. The molecule has 0 atom stereocenters. The van der Waals surface area contributed by atoms with E-state index in [1.165, 1.54) is 17.4 Å². The Bertz CT molecular complexity index is 818. The maximum atomic E-state index is 13.2. The zero-order chi connectivity index (χ0) is 15.5. The van der Waals surface area contributed by atoms with Crippen LogP contribution in [0.1, 0.15) is 10.5 Å². The zero-order valence-corrected chi connectivity index (χ0v) is 12.0. The molecule has 0 saturated carbocycles. The molecule has 1 amide bonds. The number of aromatic nitrogens is 1. The van der Waals surface area contributed by atoms with Gasteiger partial charge in [0.25, 0.3) is 5.91 Å². The summed E-state index contributed by atoms with van der Waals surface area (Å²) in [6.45, 7) is 0. The van der Waals surface area contributed by atoms with Gasteiger partial charge in [-0.25, -0.2) is 13.8 Å². The van der Waals surface area contributed by atoms with Crippen molar-refractivity contribution in [3.63, 3.8) is 0 Å². The van der Waals surface area contributed by atoms with Gasteiger partial charge in [-0.05, 0) is 17.7 Å². The lowest BCUT2D eigenvalue weighted by molar-refractivity contribution is 0.102. The van der Waals surface area contributed by atoms with Crippen molar-refractivity contribution in [2.75, 3.05) is 5.32 Å². The third-order valence-corrected chi connectivity index (χ3v) is 3.87. The fraction of sp³-hybridized carbons (Fsp3) is 0. The fourth-order valence-corrected chi connectivity index (χ4v) is 2.76. The molecule has 3 nitrogen and oxygen atoms in total. The Balaban J connectivity index is 1.87. The summed E-state index contributed by atoms with van der Waals surface area (Å²) in [5, 5.41) is 2.52. The van der Waals surface area contributed by atoms with Crippen LogP contribution >= 0.6 is 11.3 Å². The van der Waals surface area contributed by atoms with Gasteiger partial charge in [0.05, 0.1) is 10.4 Å². The van der Waals surface area contributed by atoms with Crippen LogP contribution in [0.5, 0.6) is 0 Å². The summed E-state index contributed by atoms with van der Waals surface area (Å²) in [6, 6.07) is 12.6. The Kier molecular flexibility index (Phi) is 3.93. The fourth-order valence-electron chi connectivity index (χ4n) is 1.97. The molecule has 0 unspecified atom stereocenters. The number of carbonyl (C=O) groups excluding carboxylic acids is 1. The second-order valence-corrected chi connectivity index (χ2v) is 5.33. The zero-order valence-electron chi connectivity index (χ0n) is 11.2. The number of carbonyl (C=O) groups is 1. The van der Waals surface area contributed by atoms with Gasteiger partial charge in [-0.1, -0.05) is 30.3 Å². The smallest absolute Gasteiger partial charge is 0.275 e. The first-order chi connectivity index (χ1) is 10.6. The molecule has 0 bridgehead atoms. The number of rotatable bonds is 3. The van der Waals surface area contributed by atoms with Gasteiger partial charge < -0.3 is 5.32 Å². The molecule has 1 aromatic heterocycles. The van der Waals surface area contributed by atoms with Crippen LogP contribution in [0, 0.1) is 11.6 Å². The third kappa shape index (κ3) is 2.87. The number of anilines is 1. The minimum Gasteiger partial charge on any atom is -0.321 e. The highest BCUT2D eigenvalue weighted by Crippen LogP contribution is 2.28. The highest BCUT2D eigenvalue weighted by molar-refractivity contribution is 7.13. The summed E-state index contributed by atoms with van der Waals surface area (Å²) >= 11 is 1.34. The number of amides is 1. The Labute approximate surface area is 129 Å². The summed E-state index contributed by atoms with van der Waals surface area (Å²) in [5.41, 5.74) is 2.87. The maximum absolute atomic E-state index is 13.2. The lowest BCUT2D eigenvalue weighted by atomic mass is 10.1. The molecular formula is C16H10F2N2OS. The molecule has 0 radical (unpaired) electrons. The summed E-state index contributed by atoms with van der Waals surface area (Å²) in [5.74, 6) is -2.44. The highest BCUT2D eigenvalue weighted by Gasteiger charge is 2.17. The largest absolute Gasteiger partial charge is 0.321 e. The first-order valence-corrected chi connectivity index (χ1v) is 7.28. The summed E-state index contributed by atoms with van der Waals surface area (Å²) in [6.07, 6.45) is 0. The van der Waals surface area contributed by atoms with Gasteiger partial charge in [-0.3, -0.25) is 4.79 Å². The minimum atomic E-state index is -1.01. The molecular weight excluding hydrogens is 306 g/mol. The highest BCUT2D eigenvalue weighted by atomic mass is 32.1. The van der Waals surface area contributed by atoms with E-state index in [0.717, 1.165) is 22.6 Å². The van der Waals surface area contributed by atoms with Crippen LogP contribution in [0.15, 0.2) is 54.0 Å². The second-order valence-electron chi connectivity index (χ2n) is 4.48. The molecule has 2 aromatic carbocycles. The average Bonchev–Trinajstić information content (AvgIpc) is 3.01. The van der Waals surface area contributed by atoms with E-state index in [2.05, 4.69) is 10.3 Å². The van der Waals surface area contributed by atoms with Crippen LogP contribution in [0.3, 0.4) is 0 Å². The molecule has 0 saturated heterocycles. The van der Waals surface area contributed by atoms with Crippen LogP contribution in [0.4, 0.5) is 14.5 Å². The molecule has 3 rings (SSSR count). The SMILES string of the molecule is O=C(Nc1ccc(F)c(F)c1)c1ncsc1-c1ccccc1. The minimum absolute atomic E-state index is 0.177. The Morgan fingerprint density at radius 3 is 2.55 bits per heavy atom. The number of thiazole rings is 1. The van der Waals surface area contributed by atoms with Gasteiger partial charge in [0.1, 0.15) is 5.69 Å². The van der Waals surface area contributed by atoms with E-state index in [1.54, 1.807) is 5.51 Å². The molecule has 0 aliphatic heterocycles. The molecule has 1 N–H and O–H groups in total. The molecule has 0 aliphatic rings. The standard InChI is InChI=1S/C16H10F2N2OS/c17-12-7-6-11(8-13(12)18)20-16(21)14-15(22-9-19-14)10-4-2-1-3-5-10/h1-9H,(H,20,21). The van der Waals surface area contributed by atoms with Crippen molar-refractivity contribution in [2.24, 2.45) is 0 Å². The van der Waals surface area contributed by atoms with Crippen molar-refractivity contribution in [1.29, 1.82) is 0 Å². The molecule has 1 heterocycles. The van der Waals surface area contributed by atoms with Crippen LogP contribution < -0.4 is 5.32 Å². The van der Waals surface area contributed by atoms with E-state index in [9.17, 15) is 13.6 Å². The van der Waals surface area contributed by atoms with Gasteiger partial charge in [0.2, 0.25) is 0 Å². The van der Waals surface area contributed by atoms with Crippen LogP contribution in [-0.2, 0) is 0 Å². The number of hydrogen-bond donors (Lipinski definition) is 1. The van der Waals surface area contributed by atoms with E-state index < -0.39 is 17.5 Å². The normalized spacial score (nSPS) is 10.5. The average molecular weight is 316 g/mol. The summed E-state index contributed by atoms with van der Waals surface area (Å²) in [4.78, 5) is 17.1. The predicted molar refractivity (Wildman–Crippen MR) is 81.9 cm³/mol.